The third-order valence-electron chi connectivity index (χ3n) is 6.80. The molecule has 13 heteroatoms. The lowest BCUT2D eigenvalue weighted by Gasteiger charge is -2.29. The summed E-state index contributed by atoms with van der Waals surface area (Å²) in [5.74, 6) is 0.538. The Kier molecular flexibility index (Phi) is 7.47. The molecule has 0 spiro atoms. The van der Waals surface area contributed by atoms with Gasteiger partial charge in [0.05, 0.1) is 23.3 Å². The molecule has 0 bridgehead atoms. The number of anilines is 2. The number of nitrogens with zero attached hydrogens (tertiary/aromatic N) is 6. The summed E-state index contributed by atoms with van der Waals surface area (Å²) >= 11 is 1.45. The molecule has 3 aromatic heterocycles. The second-order valence-electron chi connectivity index (χ2n) is 9.53. The van der Waals surface area contributed by atoms with E-state index in [9.17, 15) is 17.9 Å². The van der Waals surface area contributed by atoms with Crippen molar-refractivity contribution in [2.24, 2.45) is 5.73 Å². The van der Waals surface area contributed by atoms with Gasteiger partial charge in [-0.15, -0.1) is 11.3 Å². The molecule has 38 heavy (non-hydrogen) atoms. The van der Waals surface area contributed by atoms with Crippen LogP contribution in [0.3, 0.4) is 0 Å². The largest absolute Gasteiger partial charge is 0.379 e. The predicted molar refractivity (Wildman–Crippen MR) is 145 cm³/mol. The molecule has 4 heterocycles. The monoisotopic (exact) mass is 559 g/mol. The predicted octanol–water partition coefficient (Wildman–Crippen LogP) is 3.11. The Morgan fingerprint density at radius 2 is 1.89 bits per heavy atom. The smallest absolute Gasteiger partial charge is 0.211 e. The van der Waals surface area contributed by atoms with Gasteiger partial charge in [-0.2, -0.15) is 9.61 Å². The topological polar surface area (TPSA) is 130 Å². The number of thiazole rings is 1. The number of hydrogen-bond acceptors (Lipinski definition) is 9. The van der Waals surface area contributed by atoms with Gasteiger partial charge in [0.15, 0.2) is 16.6 Å². The van der Waals surface area contributed by atoms with E-state index >= 15 is 0 Å². The second kappa shape index (κ2) is 10.7. The normalized spacial score (nSPS) is 16.2. The number of aliphatic hydroxyl groups is 1. The van der Waals surface area contributed by atoms with Gasteiger partial charge in [0.1, 0.15) is 12.0 Å². The summed E-state index contributed by atoms with van der Waals surface area (Å²) < 4.78 is 40.5. The first-order chi connectivity index (χ1) is 18.1. The molecule has 1 saturated heterocycles. The number of benzene rings is 1. The van der Waals surface area contributed by atoms with Crippen LogP contribution in [0.2, 0.25) is 0 Å². The minimum atomic E-state index is -3.21. The number of piperidine rings is 1. The Morgan fingerprint density at radius 1 is 1.18 bits per heavy atom. The van der Waals surface area contributed by atoms with Gasteiger partial charge in [0.25, 0.3) is 0 Å². The van der Waals surface area contributed by atoms with Crippen LogP contribution in [0.25, 0.3) is 16.9 Å². The van der Waals surface area contributed by atoms with E-state index in [0.29, 0.717) is 49.6 Å². The summed E-state index contributed by atoms with van der Waals surface area (Å²) in [5, 5.41) is 17.3. The molecule has 1 fully saturated rings. The average molecular weight is 560 g/mol. The molecule has 1 aliphatic heterocycles. The Morgan fingerprint density at radius 3 is 2.55 bits per heavy atom. The lowest BCUT2D eigenvalue weighted by molar-refractivity contribution is 0.172. The van der Waals surface area contributed by atoms with E-state index in [0.717, 1.165) is 28.5 Å². The lowest BCUT2D eigenvalue weighted by atomic mass is 9.94. The molecule has 1 atom stereocenters. The highest BCUT2D eigenvalue weighted by atomic mass is 32.2. The summed E-state index contributed by atoms with van der Waals surface area (Å²) in [5.41, 5.74) is 9.42. The number of aromatic nitrogens is 4. The zero-order valence-electron chi connectivity index (χ0n) is 21.2. The Hall–Kier alpha value is -2.97. The molecule has 0 amide bonds. The summed E-state index contributed by atoms with van der Waals surface area (Å²) in [4.78, 5) is 11.5. The molecule has 1 aliphatic rings. The summed E-state index contributed by atoms with van der Waals surface area (Å²) in [7, 11) is -1.32. The van der Waals surface area contributed by atoms with E-state index in [4.69, 9.17) is 20.8 Å². The van der Waals surface area contributed by atoms with Crippen molar-refractivity contribution < 1.29 is 17.9 Å². The number of nitrogens with two attached hydrogens (primary N) is 1. The van der Waals surface area contributed by atoms with Crippen LogP contribution >= 0.6 is 11.3 Å². The summed E-state index contributed by atoms with van der Waals surface area (Å²) in [6.07, 6.45) is 2.42. The van der Waals surface area contributed by atoms with Gasteiger partial charge >= 0.3 is 0 Å². The number of fused-ring (bicyclic) bond motifs is 1. The highest BCUT2D eigenvalue weighted by molar-refractivity contribution is 7.88. The van der Waals surface area contributed by atoms with Crippen LogP contribution in [0.15, 0.2) is 41.8 Å². The summed E-state index contributed by atoms with van der Waals surface area (Å²) in [6.45, 7) is 0.926. The molecule has 3 N–H and O–H groups in total. The van der Waals surface area contributed by atoms with Crippen LogP contribution in [-0.4, -0.2) is 70.0 Å². The number of hydrogen-bond donors (Lipinski definition) is 2. The van der Waals surface area contributed by atoms with E-state index in [1.807, 2.05) is 29.5 Å². The van der Waals surface area contributed by atoms with Gasteiger partial charge < -0.3 is 15.7 Å². The van der Waals surface area contributed by atoms with Crippen molar-refractivity contribution in [3.63, 3.8) is 0 Å². The first-order valence-electron chi connectivity index (χ1n) is 12.3. The van der Waals surface area contributed by atoms with Gasteiger partial charge in [-0.3, -0.25) is 0 Å². The molecule has 4 aromatic rings. The van der Waals surface area contributed by atoms with Crippen molar-refractivity contribution in [1.29, 1.82) is 0 Å². The minimum Gasteiger partial charge on any atom is -0.379 e. The Labute approximate surface area is 224 Å². The molecule has 1 unspecified atom stereocenters. The molecule has 202 valence electrons. The first kappa shape index (κ1) is 26.6. The van der Waals surface area contributed by atoms with Crippen LogP contribution in [0.5, 0.6) is 0 Å². The zero-order valence-corrected chi connectivity index (χ0v) is 22.8. The third kappa shape index (κ3) is 5.57. The van der Waals surface area contributed by atoms with Gasteiger partial charge in [-0.25, -0.2) is 27.1 Å². The highest BCUT2D eigenvalue weighted by Crippen LogP contribution is 2.35. The second-order valence-corrected chi connectivity index (χ2v) is 12.4. The average Bonchev–Trinajstić information content (AvgIpc) is 3.52. The number of imidazole rings is 1. The van der Waals surface area contributed by atoms with Gasteiger partial charge in [-0.05, 0) is 62.1 Å². The quantitative estimate of drug-likeness (QED) is 0.315. The molecule has 10 nitrogen and oxygen atoms in total. The van der Waals surface area contributed by atoms with Gasteiger partial charge in [-0.1, -0.05) is 0 Å². The van der Waals surface area contributed by atoms with Crippen LogP contribution in [0, 0.1) is 5.82 Å². The minimum absolute atomic E-state index is 0.122. The maximum Gasteiger partial charge on any atom is 0.211 e. The van der Waals surface area contributed by atoms with Crippen molar-refractivity contribution in [2.45, 2.75) is 37.8 Å². The van der Waals surface area contributed by atoms with Crippen molar-refractivity contribution in [3.8, 4) is 11.3 Å². The highest BCUT2D eigenvalue weighted by Gasteiger charge is 2.28. The fraction of sp³-hybridized carbons (Fsp3) is 0.400. The number of rotatable bonds is 8. The standard InChI is InChI=1S/C25H30FN7O3S2/c1-31(25-29-21(15-37-25)16-3-5-18(26)6-4-16)24-20(7-9-22(27)34)28-23-10-8-19(30-33(23)24)17-11-13-32(14-12-17)38(2,35)36/h3-6,8,10,15,17,22,34H,7,9,11-14,27H2,1-2H3. The number of aliphatic hydroxyl groups excluding tert-OH is 1. The van der Waals surface area contributed by atoms with Crippen LogP contribution in [0.1, 0.15) is 36.6 Å². The fourth-order valence-corrected chi connectivity index (χ4v) is 6.41. The van der Waals surface area contributed by atoms with E-state index in [1.165, 1.54) is 34.0 Å². The third-order valence-corrected chi connectivity index (χ3v) is 9.02. The zero-order chi connectivity index (χ0) is 27.0. The molecule has 0 saturated carbocycles. The molecular weight excluding hydrogens is 529 g/mol. The van der Waals surface area contributed by atoms with Crippen molar-refractivity contribution >= 4 is 38.0 Å². The van der Waals surface area contributed by atoms with Crippen LogP contribution in [-0.2, 0) is 16.4 Å². The van der Waals surface area contributed by atoms with E-state index in [-0.39, 0.29) is 11.7 Å². The molecule has 0 aliphatic carbocycles. The van der Waals surface area contributed by atoms with Crippen molar-refractivity contribution in [1.82, 2.24) is 23.9 Å². The SMILES string of the molecule is CN(c1nc(-c2ccc(F)cc2)cs1)c1c(CCC(N)O)nc2ccc(C3CCN(S(C)(=O)=O)CC3)nn12. The van der Waals surface area contributed by atoms with E-state index in [1.54, 1.807) is 16.6 Å². The number of sulfonamides is 1. The van der Waals surface area contributed by atoms with Gasteiger partial charge in [0.2, 0.25) is 10.0 Å². The maximum atomic E-state index is 13.4. The molecule has 1 aromatic carbocycles. The van der Waals surface area contributed by atoms with E-state index in [2.05, 4.69) is 0 Å². The molecule has 0 radical (unpaired) electrons. The van der Waals surface area contributed by atoms with E-state index < -0.39 is 16.3 Å². The van der Waals surface area contributed by atoms with Crippen LogP contribution in [0.4, 0.5) is 15.3 Å². The van der Waals surface area contributed by atoms with Gasteiger partial charge in [0, 0.05) is 37.0 Å². The lowest BCUT2D eigenvalue weighted by Crippen LogP contribution is -2.37. The Balaban J connectivity index is 1.49. The van der Waals surface area contributed by atoms with Crippen molar-refractivity contribution in [3.05, 3.63) is 59.0 Å². The fourth-order valence-electron chi connectivity index (χ4n) is 4.73. The van der Waals surface area contributed by atoms with Crippen molar-refractivity contribution in [2.75, 3.05) is 31.3 Å². The number of aryl methyl sites for hydroxylation is 1. The first-order valence-corrected chi connectivity index (χ1v) is 15.1. The van der Waals surface area contributed by atoms with Crippen LogP contribution < -0.4 is 10.6 Å². The summed E-state index contributed by atoms with van der Waals surface area (Å²) in [6, 6.07) is 10.1. The number of halogens is 1. The molecule has 5 rings (SSSR count). The molecular formula is C25H30FN7O3S2. The Bertz CT molecular complexity index is 1530. The maximum absolute atomic E-state index is 13.4.